The fraction of sp³-hybridized carbons (Fsp3) is 0.167. The van der Waals surface area contributed by atoms with Crippen LogP contribution in [0.2, 0.25) is 0 Å². The second kappa shape index (κ2) is 8.00. The quantitative estimate of drug-likeness (QED) is 0.512. The molecule has 0 aliphatic carbocycles. The Balaban J connectivity index is 1.35. The molecule has 0 radical (unpaired) electrons. The normalized spacial score (nSPS) is 14.2. The van der Waals surface area contributed by atoms with Gasteiger partial charge in [-0.3, -0.25) is 4.79 Å². The number of benzene rings is 2. The number of halogens is 1. The molecule has 5 nitrogen and oxygen atoms in total. The molecule has 0 spiro atoms. The summed E-state index contributed by atoms with van der Waals surface area (Å²) >= 11 is 1.35. The summed E-state index contributed by atoms with van der Waals surface area (Å²) in [6, 6.07) is 20.3. The summed E-state index contributed by atoms with van der Waals surface area (Å²) in [5, 5.41) is 0.818. The molecule has 31 heavy (non-hydrogen) atoms. The molecule has 1 amide bonds. The lowest BCUT2D eigenvalue weighted by Crippen LogP contribution is -2.48. The molecule has 0 atom stereocenters. The average Bonchev–Trinajstić information content (AvgIpc) is 3.15. The predicted molar refractivity (Wildman–Crippen MR) is 124 cm³/mol. The van der Waals surface area contributed by atoms with E-state index in [1.165, 1.54) is 23.5 Å². The van der Waals surface area contributed by atoms with E-state index in [4.69, 9.17) is 10.7 Å². The van der Waals surface area contributed by atoms with E-state index in [-0.39, 0.29) is 11.7 Å². The fourth-order valence-electron chi connectivity index (χ4n) is 3.89. The van der Waals surface area contributed by atoms with Crippen LogP contribution >= 0.6 is 11.3 Å². The van der Waals surface area contributed by atoms with Gasteiger partial charge in [-0.2, -0.15) is 0 Å². The number of hydrogen-bond acceptors (Lipinski definition) is 5. The number of carbonyl (C=O) groups excluding carboxylic acids is 1. The van der Waals surface area contributed by atoms with Gasteiger partial charge in [-0.15, -0.1) is 11.3 Å². The van der Waals surface area contributed by atoms with Crippen LogP contribution in [0.1, 0.15) is 9.67 Å². The Hall–Kier alpha value is -3.45. The molecule has 4 aromatic rings. The molecular formula is C24H21FN4OS. The molecule has 0 bridgehead atoms. The number of nitrogens with zero attached hydrogens (tertiary/aromatic N) is 3. The van der Waals surface area contributed by atoms with Gasteiger partial charge in [0.2, 0.25) is 0 Å². The number of pyridine rings is 1. The topological polar surface area (TPSA) is 62.5 Å². The minimum Gasteiger partial charge on any atom is -0.397 e. The van der Waals surface area contributed by atoms with Crippen molar-refractivity contribution in [3.8, 4) is 11.3 Å². The molecule has 7 heteroatoms. The predicted octanol–water partition coefficient (Wildman–Crippen LogP) is 4.65. The minimum absolute atomic E-state index is 0.0551. The molecule has 0 saturated carbocycles. The zero-order valence-electron chi connectivity index (χ0n) is 16.8. The van der Waals surface area contributed by atoms with Gasteiger partial charge in [-0.1, -0.05) is 30.3 Å². The van der Waals surface area contributed by atoms with Crippen LogP contribution in [-0.4, -0.2) is 42.0 Å². The Kier molecular flexibility index (Phi) is 5.03. The lowest BCUT2D eigenvalue weighted by molar-refractivity contribution is 0.0752. The van der Waals surface area contributed by atoms with E-state index in [2.05, 4.69) is 4.90 Å². The third-order valence-electron chi connectivity index (χ3n) is 5.62. The van der Waals surface area contributed by atoms with Crippen LogP contribution in [0.5, 0.6) is 0 Å². The maximum absolute atomic E-state index is 13.2. The van der Waals surface area contributed by atoms with Crippen molar-refractivity contribution in [2.24, 2.45) is 0 Å². The zero-order chi connectivity index (χ0) is 21.4. The van der Waals surface area contributed by atoms with Gasteiger partial charge in [-0.05, 0) is 36.4 Å². The molecule has 1 aliphatic heterocycles. The van der Waals surface area contributed by atoms with E-state index >= 15 is 0 Å². The van der Waals surface area contributed by atoms with Gasteiger partial charge in [0.1, 0.15) is 15.5 Å². The highest BCUT2D eigenvalue weighted by Crippen LogP contribution is 2.35. The van der Waals surface area contributed by atoms with Crippen molar-refractivity contribution < 1.29 is 9.18 Å². The molecule has 3 heterocycles. The van der Waals surface area contributed by atoms with Crippen molar-refractivity contribution in [2.45, 2.75) is 0 Å². The smallest absolute Gasteiger partial charge is 0.266 e. The zero-order valence-corrected chi connectivity index (χ0v) is 17.6. The summed E-state index contributed by atoms with van der Waals surface area (Å²) in [7, 11) is 0. The molecule has 5 rings (SSSR count). The second-order valence-corrected chi connectivity index (χ2v) is 8.51. The molecule has 2 aromatic carbocycles. The molecule has 1 fully saturated rings. The van der Waals surface area contributed by atoms with Gasteiger partial charge in [-0.25, -0.2) is 9.37 Å². The van der Waals surface area contributed by atoms with Crippen molar-refractivity contribution in [2.75, 3.05) is 36.8 Å². The third-order valence-corrected chi connectivity index (χ3v) is 6.72. The number of thiophene rings is 1. The molecule has 1 saturated heterocycles. The van der Waals surface area contributed by atoms with Crippen LogP contribution in [0.4, 0.5) is 15.8 Å². The number of hydrogen-bond donors (Lipinski definition) is 1. The summed E-state index contributed by atoms with van der Waals surface area (Å²) in [6.07, 6.45) is 0. The van der Waals surface area contributed by atoms with Gasteiger partial charge in [0.05, 0.1) is 11.4 Å². The summed E-state index contributed by atoms with van der Waals surface area (Å²) in [6.45, 7) is 2.57. The largest absolute Gasteiger partial charge is 0.397 e. The van der Waals surface area contributed by atoms with E-state index in [9.17, 15) is 9.18 Å². The van der Waals surface area contributed by atoms with Gasteiger partial charge < -0.3 is 15.5 Å². The Morgan fingerprint density at radius 3 is 2.35 bits per heavy atom. The number of nitrogens with two attached hydrogens (primary N) is 1. The molecule has 0 unspecified atom stereocenters. The number of aromatic nitrogens is 1. The van der Waals surface area contributed by atoms with Crippen molar-refractivity contribution in [3.05, 3.63) is 77.4 Å². The van der Waals surface area contributed by atoms with Crippen LogP contribution in [0, 0.1) is 5.82 Å². The van der Waals surface area contributed by atoms with Crippen LogP contribution in [0.15, 0.2) is 66.7 Å². The van der Waals surface area contributed by atoms with Crippen LogP contribution in [-0.2, 0) is 0 Å². The van der Waals surface area contributed by atoms with E-state index in [0.29, 0.717) is 36.7 Å². The number of anilines is 2. The van der Waals surface area contributed by atoms with Crippen LogP contribution in [0.3, 0.4) is 0 Å². The Morgan fingerprint density at radius 1 is 0.935 bits per heavy atom. The van der Waals surface area contributed by atoms with Gasteiger partial charge >= 0.3 is 0 Å². The number of fused-ring (bicyclic) bond motifs is 1. The first-order valence-electron chi connectivity index (χ1n) is 10.1. The van der Waals surface area contributed by atoms with E-state index < -0.39 is 0 Å². The highest BCUT2D eigenvalue weighted by Gasteiger charge is 2.26. The van der Waals surface area contributed by atoms with Gasteiger partial charge in [0.15, 0.2) is 0 Å². The summed E-state index contributed by atoms with van der Waals surface area (Å²) < 4.78 is 13.2. The molecular weight excluding hydrogens is 411 g/mol. The fourth-order valence-corrected chi connectivity index (χ4v) is 4.95. The average molecular weight is 433 g/mol. The summed E-state index contributed by atoms with van der Waals surface area (Å²) in [5.74, 6) is -0.303. The van der Waals surface area contributed by atoms with Gasteiger partial charge in [0.25, 0.3) is 5.91 Å². The highest BCUT2D eigenvalue weighted by atomic mass is 32.1. The van der Waals surface area contributed by atoms with Crippen molar-refractivity contribution in [3.63, 3.8) is 0 Å². The molecule has 1 aliphatic rings. The summed E-state index contributed by atoms with van der Waals surface area (Å²) in [5.41, 5.74) is 9.70. The first kappa shape index (κ1) is 19.5. The SMILES string of the molecule is Nc1c(C(=O)N2CCN(c3ccc(F)cc3)CC2)sc2nc(-c3ccccc3)ccc12. The number of rotatable bonds is 3. The minimum atomic E-state index is -0.248. The monoisotopic (exact) mass is 432 g/mol. The number of carbonyl (C=O) groups is 1. The first-order valence-corrected chi connectivity index (χ1v) is 11.0. The summed E-state index contributed by atoms with van der Waals surface area (Å²) in [4.78, 5) is 23.2. The van der Waals surface area contributed by atoms with E-state index in [1.807, 2.05) is 47.4 Å². The Labute approximate surface area is 183 Å². The van der Waals surface area contributed by atoms with Crippen molar-refractivity contribution in [1.82, 2.24) is 9.88 Å². The third kappa shape index (κ3) is 3.72. The highest BCUT2D eigenvalue weighted by molar-refractivity contribution is 7.21. The van der Waals surface area contributed by atoms with Crippen LogP contribution in [0.25, 0.3) is 21.5 Å². The lowest BCUT2D eigenvalue weighted by atomic mass is 10.1. The number of piperazine rings is 1. The lowest BCUT2D eigenvalue weighted by Gasteiger charge is -2.36. The number of amides is 1. The van der Waals surface area contributed by atoms with Crippen LogP contribution < -0.4 is 10.6 Å². The maximum Gasteiger partial charge on any atom is 0.266 e. The molecule has 2 aromatic heterocycles. The molecule has 2 N–H and O–H groups in total. The number of nitrogen functional groups attached to an aromatic ring is 1. The van der Waals surface area contributed by atoms with Crippen molar-refractivity contribution in [1.29, 1.82) is 0 Å². The van der Waals surface area contributed by atoms with E-state index in [1.54, 1.807) is 12.1 Å². The van der Waals surface area contributed by atoms with Crippen molar-refractivity contribution >= 4 is 38.8 Å². The second-order valence-electron chi connectivity index (χ2n) is 7.52. The first-order chi connectivity index (χ1) is 15.1. The Bertz CT molecular complexity index is 1230. The maximum atomic E-state index is 13.2. The molecule has 156 valence electrons. The standard InChI is InChI=1S/C24H21FN4OS/c25-17-6-8-18(9-7-17)28-12-14-29(15-13-28)24(30)22-21(26)19-10-11-20(27-23(19)31-22)16-4-2-1-3-5-16/h1-11H,12-15,26H2. The Morgan fingerprint density at radius 2 is 1.65 bits per heavy atom. The van der Waals surface area contributed by atoms with Gasteiger partial charge in [0, 0.05) is 42.8 Å². The van der Waals surface area contributed by atoms with E-state index in [0.717, 1.165) is 27.2 Å².